The lowest BCUT2D eigenvalue weighted by Gasteiger charge is -2.38. The Morgan fingerprint density at radius 3 is 2.64 bits per heavy atom. The first-order valence-corrected chi connectivity index (χ1v) is 14.9. The SMILES string of the molecule is CCOC(=O)c1sc(N2CC[C@@H](NC(=O)c3[nH]c(C)c(Cl)c3Cl)[C@@H](OCc3ccccc3)C2)nc1-c1ncccc1F. The largest absolute Gasteiger partial charge is 0.462 e. The molecule has 4 aromatic rings. The minimum atomic E-state index is -0.600. The summed E-state index contributed by atoms with van der Waals surface area (Å²) in [6, 6.07) is 12.1. The molecule has 1 amide bonds. The standard InChI is InChI=1S/C29H28Cl2FN5O4S/c1-3-40-28(39)26-25(23-18(32)10-7-12-33-23)36-29(42-26)37-13-11-19(20(14-37)41-15-17-8-5-4-6-9-17)35-27(38)24-22(31)21(30)16(2)34-24/h4-10,12,19-20,34H,3,11,13-15H2,1-2H3,(H,35,38)/t19-,20+/m1/s1. The first kappa shape index (κ1) is 30.0. The average Bonchev–Trinajstić information content (AvgIpc) is 3.55. The van der Waals surface area contributed by atoms with Crippen LogP contribution in [0.2, 0.25) is 10.0 Å². The van der Waals surface area contributed by atoms with Crippen LogP contribution in [0, 0.1) is 12.7 Å². The van der Waals surface area contributed by atoms with Crippen LogP contribution >= 0.6 is 34.5 Å². The summed E-state index contributed by atoms with van der Waals surface area (Å²) in [6.45, 7) is 4.73. The molecule has 1 aliphatic rings. The molecule has 5 rings (SSSR count). The number of hydrogen-bond acceptors (Lipinski definition) is 8. The van der Waals surface area contributed by atoms with E-state index < -0.39 is 23.8 Å². The van der Waals surface area contributed by atoms with E-state index in [9.17, 15) is 14.0 Å². The van der Waals surface area contributed by atoms with Crippen molar-refractivity contribution in [3.05, 3.63) is 86.4 Å². The predicted octanol–water partition coefficient (Wildman–Crippen LogP) is 6.06. The average molecular weight is 633 g/mol. The Labute approximate surface area is 256 Å². The van der Waals surface area contributed by atoms with Crippen LogP contribution < -0.4 is 10.2 Å². The molecule has 0 radical (unpaired) electrons. The number of anilines is 1. The molecule has 4 heterocycles. The number of nitrogens with zero attached hydrogens (tertiary/aromatic N) is 3. The number of thiazole rings is 1. The minimum absolute atomic E-state index is 0.0288. The molecule has 0 aliphatic carbocycles. The van der Waals surface area contributed by atoms with Crippen molar-refractivity contribution in [2.45, 2.75) is 39.0 Å². The highest BCUT2D eigenvalue weighted by atomic mass is 35.5. The molecule has 0 unspecified atom stereocenters. The van der Waals surface area contributed by atoms with Crippen molar-refractivity contribution >= 4 is 51.5 Å². The zero-order chi connectivity index (χ0) is 29.8. The quantitative estimate of drug-likeness (QED) is 0.216. The van der Waals surface area contributed by atoms with Gasteiger partial charge in [0.15, 0.2) is 10.9 Å². The molecular formula is C29H28Cl2FN5O4S. The second kappa shape index (κ2) is 13.2. The fourth-order valence-electron chi connectivity index (χ4n) is 4.67. The van der Waals surface area contributed by atoms with Gasteiger partial charge in [-0.1, -0.05) is 64.9 Å². The topological polar surface area (TPSA) is 109 Å². The lowest BCUT2D eigenvalue weighted by Crippen LogP contribution is -2.55. The van der Waals surface area contributed by atoms with E-state index in [0.29, 0.717) is 42.0 Å². The molecule has 9 nitrogen and oxygen atoms in total. The Morgan fingerprint density at radius 1 is 1.17 bits per heavy atom. The maximum absolute atomic E-state index is 14.7. The lowest BCUT2D eigenvalue weighted by molar-refractivity contribution is 0.00967. The van der Waals surface area contributed by atoms with Crippen LogP contribution in [-0.4, -0.2) is 58.7 Å². The number of piperidine rings is 1. The molecule has 1 fully saturated rings. The van der Waals surface area contributed by atoms with Crippen LogP contribution in [0.1, 0.15) is 44.8 Å². The van der Waals surface area contributed by atoms with Crippen molar-refractivity contribution in [1.29, 1.82) is 0 Å². The van der Waals surface area contributed by atoms with Gasteiger partial charge < -0.3 is 24.7 Å². The van der Waals surface area contributed by atoms with Crippen LogP contribution in [0.3, 0.4) is 0 Å². The van der Waals surface area contributed by atoms with Crippen molar-refractivity contribution in [1.82, 2.24) is 20.3 Å². The van der Waals surface area contributed by atoms with Gasteiger partial charge in [0.1, 0.15) is 22.0 Å². The van der Waals surface area contributed by atoms with E-state index in [4.69, 9.17) is 32.7 Å². The number of pyridine rings is 1. The summed E-state index contributed by atoms with van der Waals surface area (Å²) in [5.41, 5.74) is 1.85. The molecule has 42 heavy (non-hydrogen) atoms. The number of hydrogen-bond donors (Lipinski definition) is 2. The predicted molar refractivity (Wildman–Crippen MR) is 160 cm³/mol. The number of rotatable bonds is 9. The maximum Gasteiger partial charge on any atom is 0.350 e. The summed E-state index contributed by atoms with van der Waals surface area (Å²) in [6.07, 6.45) is 1.48. The van der Waals surface area contributed by atoms with Crippen LogP contribution in [0.25, 0.3) is 11.4 Å². The third-order valence-corrected chi connectivity index (χ3v) is 8.84. The van der Waals surface area contributed by atoms with Gasteiger partial charge in [0, 0.05) is 25.0 Å². The number of ether oxygens (including phenoxy) is 2. The molecule has 2 atom stereocenters. The molecule has 1 aromatic carbocycles. The van der Waals surface area contributed by atoms with Crippen LogP contribution in [0.4, 0.5) is 9.52 Å². The molecule has 0 bridgehead atoms. The Kier molecular flexibility index (Phi) is 9.42. The first-order chi connectivity index (χ1) is 20.3. The van der Waals surface area contributed by atoms with Crippen molar-refractivity contribution in [3.8, 4) is 11.4 Å². The second-order valence-electron chi connectivity index (χ2n) is 9.63. The zero-order valence-electron chi connectivity index (χ0n) is 22.8. The minimum Gasteiger partial charge on any atom is -0.462 e. The van der Waals surface area contributed by atoms with Crippen molar-refractivity contribution in [2.75, 3.05) is 24.6 Å². The third kappa shape index (κ3) is 6.44. The summed E-state index contributed by atoms with van der Waals surface area (Å²) in [5, 5.41) is 4.00. The fourth-order valence-corrected chi connectivity index (χ4v) is 6.08. The van der Waals surface area contributed by atoms with Crippen LogP contribution in [0.5, 0.6) is 0 Å². The number of aryl methyl sites for hydroxylation is 1. The normalized spacial score (nSPS) is 16.8. The number of halogens is 3. The highest BCUT2D eigenvalue weighted by molar-refractivity contribution is 7.17. The smallest absolute Gasteiger partial charge is 0.350 e. The van der Waals surface area contributed by atoms with Gasteiger partial charge >= 0.3 is 5.97 Å². The number of aromatic amines is 1. The van der Waals surface area contributed by atoms with E-state index in [0.717, 1.165) is 16.9 Å². The third-order valence-electron chi connectivity index (χ3n) is 6.79. The number of H-pyrrole nitrogens is 1. The number of nitrogens with one attached hydrogen (secondary N) is 2. The van der Waals surface area contributed by atoms with Gasteiger partial charge in [0.2, 0.25) is 0 Å². The Balaban J connectivity index is 1.42. The summed E-state index contributed by atoms with van der Waals surface area (Å²) in [4.78, 5) is 39.8. The molecule has 0 saturated carbocycles. The number of carbonyl (C=O) groups excluding carboxylic acids is 2. The Bertz CT molecular complexity index is 1580. The van der Waals surface area contributed by atoms with E-state index in [1.807, 2.05) is 35.2 Å². The zero-order valence-corrected chi connectivity index (χ0v) is 25.2. The monoisotopic (exact) mass is 631 g/mol. The van der Waals surface area contributed by atoms with Gasteiger partial charge in [-0.05, 0) is 38.0 Å². The van der Waals surface area contributed by atoms with E-state index in [-0.39, 0.29) is 39.6 Å². The van der Waals surface area contributed by atoms with Crippen LogP contribution in [0.15, 0.2) is 48.7 Å². The van der Waals surface area contributed by atoms with Gasteiger partial charge in [0.25, 0.3) is 5.91 Å². The highest BCUT2D eigenvalue weighted by Gasteiger charge is 2.35. The first-order valence-electron chi connectivity index (χ1n) is 13.3. The molecule has 13 heteroatoms. The summed E-state index contributed by atoms with van der Waals surface area (Å²) < 4.78 is 26.3. The number of carbonyl (C=O) groups is 2. The maximum atomic E-state index is 14.7. The fraction of sp³-hybridized carbons (Fsp3) is 0.310. The van der Waals surface area contributed by atoms with Gasteiger partial charge in [-0.3, -0.25) is 9.78 Å². The Hall–Kier alpha value is -3.51. The van der Waals surface area contributed by atoms with E-state index in [1.165, 1.54) is 18.3 Å². The van der Waals surface area contributed by atoms with Crippen molar-refractivity contribution in [3.63, 3.8) is 0 Å². The molecule has 2 N–H and O–H groups in total. The van der Waals surface area contributed by atoms with Gasteiger partial charge in [-0.2, -0.15) is 0 Å². The lowest BCUT2D eigenvalue weighted by atomic mass is 10.0. The van der Waals surface area contributed by atoms with E-state index in [1.54, 1.807) is 13.8 Å². The van der Waals surface area contributed by atoms with Crippen molar-refractivity contribution in [2.24, 2.45) is 0 Å². The molecule has 220 valence electrons. The number of aromatic nitrogens is 3. The molecule has 3 aromatic heterocycles. The van der Waals surface area contributed by atoms with Crippen molar-refractivity contribution < 1.29 is 23.5 Å². The summed E-state index contributed by atoms with van der Waals surface area (Å²) >= 11 is 13.6. The molecule has 0 spiro atoms. The molecule has 1 aliphatic heterocycles. The van der Waals surface area contributed by atoms with Gasteiger partial charge in [0.05, 0.1) is 35.4 Å². The Morgan fingerprint density at radius 2 is 1.95 bits per heavy atom. The summed E-state index contributed by atoms with van der Waals surface area (Å²) in [7, 11) is 0. The number of amides is 1. The number of benzene rings is 1. The summed E-state index contributed by atoms with van der Waals surface area (Å²) in [5.74, 6) is -1.59. The van der Waals surface area contributed by atoms with Crippen LogP contribution in [-0.2, 0) is 16.1 Å². The van der Waals surface area contributed by atoms with E-state index >= 15 is 0 Å². The van der Waals surface area contributed by atoms with Gasteiger partial charge in [-0.15, -0.1) is 0 Å². The molecule has 1 saturated heterocycles. The van der Waals surface area contributed by atoms with E-state index in [2.05, 4.69) is 20.3 Å². The van der Waals surface area contributed by atoms with Gasteiger partial charge in [-0.25, -0.2) is 14.2 Å². The molecular weight excluding hydrogens is 604 g/mol. The highest BCUT2D eigenvalue weighted by Crippen LogP contribution is 2.36. The second-order valence-corrected chi connectivity index (χ2v) is 11.4. The number of esters is 1.